The number of hydrogen-bond donors (Lipinski definition) is 1. The molecular formula is C21H17NO5-2. The largest absolute Gasteiger partial charge is 0.545 e. The van der Waals surface area contributed by atoms with Crippen LogP contribution in [0.15, 0.2) is 48.6 Å². The summed E-state index contributed by atoms with van der Waals surface area (Å²) < 4.78 is 5.42. The molecule has 6 heteroatoms. The van der Waals surface area contributed by atoms with Crippen LogP contribution in [-0.2, 0) is 0 Å². The van der Waals surface area contributed by atoms with Crippen LogP contribution in [0, 0.1) is 5.92 Å². The number of rotatable bonds is 4. The number of allylic oxidation sites excluding steroid dienone is 2. The zero-order chi connectivity index (χ0) is 19.1. The van der Waals surface area contributed by atoms with E-state index < -0.39 is 11.9 Å². The van der Waals surface area contributed by atoms with Crippen molar-refractivity contribution in [1.82, 2.24) is 0 Å². The van der Waals surface area contributed by atoms with Crippen LogP contribution in [-0.4, -0.2) is 19.0 Å². The first-order chi connectivity index (χ1) is 13.0. The summed E-state index contributed by atoms with van der Waals surface area (Å²) in [5.41, 5.74) is 2.80. The molecule has 6 nitrogen and oxygen atoms in total. The van der Waals surface area contributed by atoms with E-state index in [1.165, 1.54) is 25.3 Å². The van der Waals surface area contributed by atoms with E-state index in [1.54, 1.807) is 18.2 Å². The van der Waals surface area contributed by atoms with Crippen LogP contribution in [0.1, 0.15) is 50.2 Å². The van der Waals surface area contributed by atoms with Crippen LogP contribution >= 0.6 is 0 Å². The Hall–Kier alpha value is -3.28. The molecule has 2 aromatic carbocycles. The minimum Gasteiger partial charge on any atom is -0.545 e. The van der Waals surface area contributed by atoms with E-state index in [9.17, 15) is 19.8 Å². The third kappa shape index (κ3) is 2.83. The predicted octanol–water partition coefficient (Wildman–Crippen LogP) is 1.25. The first-order valence-electron chi connectivity index (χ1n) is 8.67. The Bertz CT molecular complexity index is 948. The molecule has 0 amide bonds. The first kappa shape index (κ1) is 17.1. The standard InChI is InChI=1S/C21H19NO5/c1-27-17-10-13(21(25)26)9-16-14-3-2-4-15(14)18(22-19(16)17)11-5-7-12(8-6-11)20(23)24/h2-3,5-10,14-15,18,22H,4H2,1H3,(H,23,24)(H,25,26)/p-2/t14-,15+,18+/m0/s1. The smallest absolute Gasteiger partial charge is 0.142 e. The summed E-state index contributed by atoms with van der Waals surface area (Å²) in [6, 6.07) is 9.68. The second kappa shape index (κ2) is 6.46. The number of ether oxygens (including phenoxy) is 1. The first-order valence-corrected chi connectivity index (χ1v) is 8.67. The molecule has 2 aromatic rings. The lowest BCUT2D eigenvalue weighted by molar-refractivity contribution is -0.256. The molecule has 3 atom stereocenters. The number of aromatic carboxylic acids is 2. The van der Waals surface area contributed by atoms with Crippen molar-refractivity contribution in [2.75, 3.05) is 12.4 Å². The molecule has 138 valence electrons. The number of fused-ring (bicyclic) bond motifs is 3. The normalized spacial score (nSPS) is 22.5. The van der Waals surface area contributed by atoms with Crippen molar-refractivity contribution < 1.29 is 24.5 Å². The molecule has 0 radical (unpaired) electrons. The van der Waals surface area contributed by atoms with Gasteiger partial charge >= 0.3 is 0 Å². The Morgan fingerprint density at radius 3 is 2.41 bits per heavy atom. The highest BCUT2D eigenvalue weighted by Gasteiger charge is 2.39. The molecule has 1 N–H and O–H groups in total. The lowest BCUT2D eigenvalue weighted by atomic mass is 9.76. The van der Waals surface area contributed by atoms with Gasteiger partial charge in [0.05, 0.1) is 30.8 Å². The van der Waals surface area contributed by atoms with Gasteiger partial charge in [-0.3, -0.25) is 0 Å². The molecule has 1 aliphatic heterocycles. The molecule has 2 aliphatic rings. The Labute approximate surface area is 156 Å². The van der Waals surface area contributed by atoms with Crippen molar-refractivity contribution in [3.05, 3.63) is 70.8 Å². The zero-order valence-electron chi connectivity index (χ0n) is 14.6. The average molecular weight is 363 g/mol. The quantitative estimate of drug-likeness (QED) is 0.821. The second-order valence-corrected chi connectivity index (χ2v) is 6.82. The molecule has 0 aromatic heterocycles. The van der Waals surface area contributed by atoms with Gasteiger partial charge in [-0.2, -0.15) is 0 Å². The number of carboxylic acids is 2. The molecule has 0 spiro atoms. The minimum atomic E-state index is -1.24. The van der Waals surface area contributed by atoms with Crippen LogP contribution in [0.25, 0.3) is 0 Å². The van der Waals surface area contributed by atoms with Crippen LogP contribution in [0.3, 0.4) is 0 Å². The molecule has 0 saturated carbocycles. The van der Waals surface area contributed by atoms with Gasteiger partial charge in [0.2, 0.25) is 0 Å². The molecule has 1 heterocycles. The monoisotopic (exact) mass is 363 g/mol. The summed E-state index contributed by atoms with van der Waals surface area (Å²) in [5, 5.41) is 25.8. The zero-order valence-corrected chi connectivity index (χ0v) is 14.6. The van der Waals surface area contributed by atoms with Crippen LogP contribution in [0.2, 0.25) is 0 Å². The van der Waals surface area contributed by atoms with E-state index in [2.05, 4.69) is 17.5 Å². The maximum atomic E-state index is 11.4. The van der Waals surface area contributed by atoms with Gasteiger partial charge in [0.15, 0.2) is 0 Å². The summed E-state index contributed by atoms with van der Waals surface area (Å²) in [7, 11) is 1.50. The van der Waals surface area contributed by atoms with Crippen LogP contribution in [0.4, 0.5) is 5.69 Å². The fourth-order valence-electron chi connectivity index (χ4n) is 4.10. The maximum Gasteiger partial charge on any atom is 0.142 e. The summed E-state index contributed by atoms with van der Waals surface area (Å²) in [4.78, 5) is 22.4. The third-order valence-corrected chi connectivity index (χ3v) is 5.39. The van der Waals surface area contributed by atoms with E-state index in [4.69, 9.17) is 4.74 Å². The average Bonchev–Trinajstić information content (AvgIpc) is 3.16. The van der Waals surface area contributed by atoms with Gasteiger partial charge in [0, 0.05) is 11.5 Å². The lowest BCUT2D eigenvalue weighted by Crippen LogP contribution is -2.30. The summed E-state index contributed by atoms with van der Waals surface area (Å²) in [6.45, 7) is 0. The number of hydrogen-bond acceptors (Lipinski definition) is 6. The van der Waals surface area contributed by atoms with Crippen LogP contribution in [0.5, 0.6) is 5.75 Å². The van der Waals surface area contributed by atoms with Crippen molar-refractivity contribution >= 4 is 17.6 Å². The van der Waals surface area contributed by atoms with Gasteiger partial charge in [-0.15, -0.1) is 0 Å². The molecule has 0 bridgehead atoms. The van der Waals surface area contributed by atoms with Gasteiger partial charge in [-0.1, -0.05) is 36.4 Å². The maximum absolute atomic E-state index is 11.4. The Morgan fingerprint density at radius 1 is 1.07 bits per heavy atom. The van der Waals surface area contributed by atoms with Gasteiger partial charge in [0.25, 0.3) is 0 Å². The highest BCUT2D eigenvalue weighted by atomic mass is 16.5. The van der Waals surface area contributed by atoms with Crippen molar-refractivity contribution in [2.24, 2.45) is 5.92 Å². The van der Waals surface area contributed by atoms with E-state index in [1.807, 2.05) is 0 Å². The predicted molar refractivity (Wildman–Crippen MR) is 94.4 cm³/mol. The molecule has 0 unspecified atom stereocenters. The molecule has 0 saturated heterocycles. The highest BCUT2D eigenvalue weighted by Crippen LogP contribution is 2.52. The topological polar surface area (TPSA) is 102 Å². The van der Waals surface area contributed by atoms with Crippen molar-refractivity contribution in [3.8, 4) is 5.75 Å². The minimum absolute atomic E-state index is 0.0419. The van der Waals surface area contributed by atoms with Gasteiger partial charge in [-0.25, -0.2) is 0 Å². The summed E-state index contributed by atoms with van der Waals surface area (Å²) in [6.07, 6.45) is 5.01. The number of carboxylic acid groups (broad SMARTS) is 2. The number of carbonyl (C=O) groups is 2. The fourth-order valence-corrected chi connectivity index (χ4v) is 4.10. The molecular weight excluding hydrogens is 346 g/mol. The number of anilines is 1. The van der Waals surface area contributed by atoms with Gasteiger partial charge in [-0.05, 0) is 41.2 Å². The van der Waals surface area contributed by atoms with Crippen molar-refractivity contribution in [3.63, 3.8) is 0 Å². The molecule has 4 rings (SSSR count). The molecule has 27 heavy (non-hydrogen) atoms. The number of methoxy groups -OCH3 is 1. The van der Waals surface area contributed by atoms with Crippen molar-refractivity contribution in [1.29, 1.82) is 0 Å². The Morgan fingerprint density at radius 2 is 1.78 bits per heavy atom. The second-order valence-electron chi connectivity index (χ2n) is 6.82. The Balaban J connectivity index is 1.79. The summed E-state index contributed by atoms with van der Waals surface area (Å²) >= 11 is 0. The Kier molecular flexibility index (Phi) is 4.11. The number of nitrogens with one attached hydrogen (secondary N) is 1. The van der Waals surface area contributed by atoms with Gasteiger partial charge < -0.3 is 29.9 Å². The summed E-state index contributed by atoms with van der Waals surface area (Å²) in [5.74, 6) is -1.77. The number of benzene rings is 2. The van der Waals surface area contributed by atoms with Crippen LogP contribution < -0.4 is 20.3 Å². The van der Waals surface area contributed by atoms with E-state index in [0.717, 1.165) is 23.2 Å². The highest BCUT2D eigenvalue weighted by molar-refractivity contribution is 5.89. The lowest BCUT2D eigenvalue weighted by Gasteiger charge is -2.38. The molecule has 1 aliphatic carbocycles. The fraction of sp³-hybridized carbons (Fsp3) is 0.238. The van der Waals surface area contributed by atoms with E-state index in [0.29, 0.717) is 5.75 Å². The SMILES string of the molecule is COc1cc(C(=O)[O-])cc2c1N[C@H](c1ccc(C(=O)[O-])cc1)[C@@H]1CC=C[C@H]21. The van der Waals surface area contributed by atoms with E-state index >= 15 is 0 Å². The van der Waals surface area contributed by atoms with Gasteiger partial charge in [0.1, 0.15) is 5.75 Å². The number of carbonyl (C=O) groups excluding carboxylic acids is 2. The van der Waals surface area contributed by atoms with Crippen molar-refractivity contribution in [2.45, 2.75) is 18.4 Å². The van der Waals surface area contributed by atoms with E-state index in [-0.39, 0.29) is 29.0 Å². The third-order valence-electron chi connectivity index (χ3n) is 5.39. The molecule has 0 fully saturated rings.